The second kappa shape index (κ2) is 8.15. The molecule has 3 aromatic rings. The molecule has 2 aromatic heterocycles. The predicted octanol–water partition coefficient (Wildman–Crippen LogP) is 4.57. The monoisotopic (exact) mass is 389 g/mol. The van der Waals surface area contributed by atoms with Gasteiger partial charge in [-0.15, -0.1) is 23.1 Å². The normalized spacial score (nSPS) is 11.9. The molecular formula is C17H15N3O4S2. The van der Waals surface area contributed by atoms with Gasteiger partial charge in [0.15, 0.2) is 5.13 Å². The summed E-state index contributed by atoms with van der Waals surface area (Å²) in [6, 6.07) is 9.92. The molecule has 3 rings (SSSR count). The summed E-state index contributed by atoms with van der Waals surface area (Å²) < 4.78 is 5.25. The van der Waals surface area contributed by atoms with Crippen molar-refractivity contribution < 1.29 is 14.1 Å². The summed E-state index contributed by atoms with van der Waals surface area (Å²) in [6.45, 7) is 1.82. The summed E-state index contributed by atoms with van der Waals surface area (Å²) in [5, 5.41) is 15.6. The van der Waals surface area contributed by atoms with Crippen LogP contribution in [0.15, 0.2) is 52.5 Å². The largest absolute Gasteiger partial charge is 0.468 e. The molecule has 0 saturated heterocycles. The molecule has 9 heteroatoms. The number of furan rings is 1. The van der Waals surface area contributed by atoms with Crippen LogP contribution in [0.3, 0.4) is 0 Å². The molecule has 1 N–H and O–H groups in total. The number of anilines is 1. The first-order valence-corrected chi connectivity index (χ1v) is 9.61. The highest BCUT2D eigenvalue weighted by Crippen LogP contribution is 2.28. The van der Waals surface area contributed by atoms with Crippen LogP contribution in [0.5, 0.6) is 0 Å². The number of carbonyl (C=O) groups excluding carboxylic acids is 1. The Morgan fingerprint density at radius 3 is 3.00 bits per heavy atom. The van der Waals surface area contributed by atoms with Crippen molar-refractivity contribution in [2.75, 3.05) is 5.32 Å². The smallest absolute Gasteiger partial charge is 0.270 e. The molecule has 0 spiro atoms. The van der Waals surface area contributed by atoms with Crippen LogP contribution in [0.4, 0.5) is 10.8 Å². The van der Waals surface area contributed by atoms with E-state index in [0.29, 0.717) is 22.1 Å². The maximum Gasteiger partial charge on any atom is 0.270 e. The lowest BCUT2D eigenvalue weighted by atomic mass is 10.1. The third-order valence-corrected chi connectivity index (χ3v) is 5.43. The Hall–Kier alpha value is -2.65. The number of nitro groups is 1. The number of nitrogens with zero attached hydrogens (tertiary/aromatic N) is 2. The van der Waals surface area contributed by atoms with Crippen molar-refractivity contribution in [3.05, 3.63) is 63.9 Å². The van der Waals surface area contributed by atoms with Gasteiger partial charge < -0.3 is 9.73 Å². The molecule has 1 amide bonds. The van der Waals surface area contributed by atoms with Crippen LogP contribution in [0.25, 0.3) is 11.3 Å². The van der Waals surface area contributed by atoms with E-state index in [1.165, 1.54) is 35.2 Å². The van der Waals surface area contributed by atoms with E-state index >= 15 is 0 Å². The van der Waals surface area contributed by atoms with Crippen LogP contribution in [0, 0.1) is 10.1 Å². The van der Waals surface area contributed by atoms with Gasteiger partial charge in [0.1, 0.15) is 5.76 Å². The molecule has 134 valence electrons. The minimum absolute atomic E-state index is 0.00374. The Bertz CT molecular complexity index is 908. The third-order valence-electron chi connectivity index (χ3n) is 3.51. The van der Waals surface area contributed by atoms with Crippen molar-refractivity contribution in [2.24, 2.45) is 0 Å². The number of non-ortho nitro benzene ring substituents is 1. The van der Waals surface area contributed by atoms with E-state index in [0.717, 1.165) is 5.76 Å². The molecule has 1 unspecified atom stereocenters. The molecule has 0 radical (unpaired) electrons. The molecule has 1 aromatic carbocycles. The number of carbonyl (C=O) groups is 1. The van der Waals surface area contributed by atoms with Crippen molar-refractivity contribution in [1.82, 2.24) is 4.98 Å². The minimum atomic E-state index is -0.448. The van der Waals surface area contributed by atoms with Gasteiger partial charge in [-0.25, -0.2) is 4.98 Å². The quantitative estimate of drug-likeness (QED) is 0.469. The molecular weight excluding hydrogens is 374 g/mol. The number of thiazole rings is 1. The van der Waals surface area contributed by atoms with Crippen LogP contribution in [0.2, 0.25) is 0 Å². The van der Waals surface area contributed by atoms with E-state index in [9.17, 15) is 14.9 Å². The van der Waals surface area contributed by atoms with Gasteiger partial charge in [-0.2, -0.15) is 0 Å². The van der Waals surface area contributed by atoms with Crippen LogP contribution in [-0.4, -0.2) is 21.1 Å². The number of thioether (sulfide) groups is 1. The summed E-state index contributed by atoms with van der Waals surface area (Å²) in [7, 11) is 0. The van der Waals surface area contributed by atoms with Gasteiger partial charge >= 0.3 is 0 Å². The Morgan fingerprint density at radius 2 is 2.27 bits per heavy atom. The number of hydrogen-bond acceptors (Lipinski definition) is 7. The van der Waals surface area contributed by atoms with Crippen LogP contribution < -0.4 is 5.32 Å². The maximum absolute atomic E-state index is 12.3. The fraction of sp³-hybridized carbons (Fsp3) is 0.176. The van der Waals surface area contributed by atoms with Crippen LogP contribution in [-0.2, 0) is 10.5 Å². The highest BCUT2D eigenvalue weighted by molar-refractivity contribution is 7.99. The first kappa shape index (κ1) is 18.2. The fourth-order valence-electron chi connectivity index (χ4n) is 2.13. The summed E-state index contributed by atoms with van der Waals surface area (Å²) in [6.07, 6.45) is 1.60. The predicted molar refractivity (Wildman–Crippen MR) is 102 cm³/mol. The van der Waals surface area contributed by atoms with Crippen LogP contribution in [0.1, 0.15) is 12.7 Å². The number of benzene rings is 1. The Kier molecular flexibility index (Phi) is 5.69. The molecule has 7 nitrogen and oxygen atoms in total. The summed E-state index contributed by atoms with van der Waals surface area (Å²) >= 11 is 2.75. The van der Waals surface area contributed by atoms with E-state index in [-0.39, 0.29) is 16.8 Å². The zero-order valence-electron chi connectivity index (χ0n) is 13.7. The van der Waals surface area contributed by atoms with Gasteiger partial charge in [-0.1, -0.05) is 12.1 Å². The Labute approximate surface area is 157 Å². The minimum Gasteiger partial charge on any atom is -0.468 e. The number of nitro benzene ring substituents is 1. The van der Waals surface area contributed by atoms with Crippen molar-refractivity contribution in [3.8, 4) is 11.3 Å². The number of amides is 1. The molecule has 2 heterocycles. The standard InChI is InChI=1S/C17H15N3O4S2/c1-11(25-9-14-6-3-7-24-14)16(21)19-17-18-15(10-26-17)12-4-2-5-13(8-12)20(22)23/h2-8,10-11H,9H2,1H3,(H,18,19,21). The first-order valence-electron chi connectivity index (χ1n) is 7.68. The average molecular weight is 389 g/mol. The zero-order valence-corrected chi connectivity index (χ0v) is 15.4. The molecule has 0 saturated carbocycles. The van der Waals surface area contributed by atoms with E-state index in [4.69, 9.17) is 4.42 Å². The number of aromatic nitrogens is 1. The lowest BCUT2D eigenvalue weighted by Crippen LogP contribution is -2.22. The van der Waals surface area contributed by atoms with Gasteiger partial charge in [0.05, 0.1) is 27.9 Å². The zero-order chi connectivity index (χ0) is 18.5. The topological polar surface area (TPSA) is 98.3 Å². The number of nitrogens with one attached hydrogen (secondary N) is 1. The molecule has 0 bridgehead atoms. The van der Waals surface area contributed by atoms with Crippen molar-refractivity contribution in [3.63, 3.8) is 0 Å². The fourth-order valence-corrected chi connectivity index (χ4v) is 3.64. The molecule has 26 heavy (non-hydrogen) atoms. The van der Waals surface area contributed by atoms with Gasteiger partial charge in [0, 0.05) is 23.1 Å². The van der Waals surface area contributed by atoms with Gasteiger partial charge in [0.25, 0.3) is 5.69 Å². The molecule has 0 fully saturated rings. The first-order chi connectivity index (χ1) is 12.5. The van der Waals surface area contributed by atoms with E-state index in [2.05, 4.69) is 10.3 Å². The average Bonchev–Trinajstić information content (AvgIpc) is 3.31. The number of hydrogen-bond donors (Lipinski definition) is 1. The van der Waals surface area contributed by atoms with Crippen molar-refractivity contribution in [1.29, 1.82) is 0 Å². The lowest BCUT2D eigenvalue weighted by molar-refractivity contribution is -0.384. The SMILES string of the molecule is CC(SCc1ccco1)C(=O)Nc1nc(-c2cccc([N+](=O)[O-])c2)cs1. The van der Waals surface area contributed by atoms with Crippen LogP contribution >= 0.6 is 23.1 Å². The molecule has 0 aliphatic carbocycles. The van der Waals surface area contributed by atoms with Gasteiger partial charge in [-0.05, 0) is 19.1 Å². The van der Waals surface area contributed by atoms with E-state index in [1.54, 1.807) is 23.8 Å². The van der Waals surface area contributed by atoms with Gasteiger partial charge in [-0.3, -0.25) is 14.9 Å². The molecule has 0 aliphatic rings. The van der Waals surface area contributed by atoms with E-state index < -0.39 is 4.92 Å². The Balaban J connectivity index is 1.61. The second-order valence-corrected chi connectivity index (χ2v) is 7.55. The van der Waals surface area contributed by atoms with Crippen molar-refractivity contribution >= 4 is 39.8 Å². The summed E-state index contributed by atoms with van der Waals surface area (Å²) in [4.78, 5) is 27.1. The molecule has 0 aliphatic heterocycles. The highest BCUT2D eigenvalue weighted by atomic mass is 32.2. The second-order valence-electron chi connectivity index (χ2n) is 5.37. The summed E-state index contributed by atoms with van der Waals surface area (Å²) in [5.41, 5.74) is 1.23. The number of rotatable bonds is 7. The Morgan fingerprint density at radius 1 is 1.42 bits per heavy atom. The van der Waals surface area contributed by atoms with E-state index in [1.807, 2.05) is 19.1 Å². The highest BCUT2D eigenvalue weighted by Gasteiger charge is 2.16. The maximum atomic E-state index is 12.3. The van der Waals surface area contributed by atoms with Gasteiger partial charge in [0.2, 0.25) is 5.91 Å². The van der Waals surface area contributed by atoms with Crippen molar-refractivity contribution in [2.45, 2.75) is 17.9 Å². The lowest BCUT2D eigenvalue weighted by Gasteiger charge is -2.09. The molecule has 1 atom stereocenters. The third kappa shape index (κ3) is 4.50. The summed E-state index contributed by atoms with van der Waals surface area (Å²) in [5.74, 6) is 1.27.